The number of aromatic hydroxyl groups is 1. The summed E-state index contributed by atoms with van der Waals surface area (Å²) in [5, 5.41) is 28.8. The molecule has 0 radical (unpaired) electrons. The van der Waals surface area contributed by atoms with E-state index in [0.717, 1.165) is 16.8 Å². The van der Waals surface area contributed by atoms with Crippen LogP contribution in [0.15, 0.2) is 48.7 Å². The van der Waals surface area contributed by atoms with Crippen LogP contribution in [-0.2, 0) is 12.8 Å². The number of rotatable bonds is 6. The third-order valence-electron chi connectivity index (χ3n) is 5.26. The maximum absolute atomic E-state index is 11.8. The first-order valence-electron chi connectivity index (χ1n) is 9.52. The molecular weight excluding hydrogens is 373 g/mol. The molecule has 0 aromatic heterocycles. The van der Waals surface area contributed by atoms with Gasteiger partial charge in [0.05, 0.1) is 13.1 Å². The number of ether oxygens (including phenoxy) is 1. The zero-order valence-electron chi connectivity index (χ0n) is 15.9. The lowest BCUT2D eigenvalue weighted by atomic mass is 9.78. The van der Waals surface area contributed by atoms with Gasteiger partial charge in [0.2, 0.25) is 0 Å². The van der Waals surface area contributed by atoms with E-state index in [1.165, 1.54) is 0 Å². The summed E-state index contributed by atoms with van der Waals surface area (Å²) >= 11 is 0. The van der Waals surface area contributed by atoms with Crippen LogP contribution in [0.3, 0.4) is 0 Å². The number of aryl methyl sites for hydroxylation is 1. The molecule has 0 spiro atoms. The molecule has 0 unspecified atom stereocenters. The fraction of sp³-hybridized carbons (Fsp3) is 0.286. The molecule has 0 saturated carbocycles. The molecule has 0 aliphatic carbocycles. The number of phenols is 1. The normalized spacial score (nSPS) is 15.9. The van der Waals surface area contributed by atoms with Crippen molar-refractivity contribution in [3.63, 3.8) is 0 Å². The van der Waals surface area contributed by atoms with E-state index in [0.29, 0.717) is 32.3 Å². The van der Waals surface area contributed by atoms with Crippen LogP contribution in [0.25, 0.3) is 0 Å². The van der Waals surface area contributed by atoms with E-state index in [1.54, 1.807) is 24.3 Å². The third kappa shape index (κ3) is 4.02. The van der Waals surface area contributed by atoms with Gasteiger partial charge in [0.25, 0.3) is 0 Å². The molecular formula is C21H22BNO6. The molecule has 4 rings (SSSR count). The molecule has 150 valence electrons. The van der Waals surface area contributed by atoms with Crippen molar-refractivity contribution in [3.8, 4) is 17.2 Å². The van der Waals surface area contributed by atoms with Gasteiger partial charge in [-0.2, -0.15) is 0 Å². The summed E-state index contributed by atoms with van der Waals surface area (Å²) in [6.45, 7) is 5.33. The summed E-state index contributed by atoms with van der Waals surface area (Å²) in [5.74, 6) is -0.466. The topological polar surface area (TPSA) is 99.5 Å². The largest absolute Gasteiger partial charge is 0.535 e. The number of carboxylic acids is 1. The molecule has 2 heterocycles. The van der Waals surface area contributed by atoms with Crippen molar-refractivity contribution in [2.45, 2.75) is 25.3 Å². The minimum atomic E-state index is -1.14. The molecule has 2 aliphatic heterocycles. The number of carbonyl (C=O) groups is 1. The van der Waals surface area contributed by atoms with Crippen LogP contribution in [0.1, 0.15) is 21.5 Å². The van der Waals surface area contributed by atoms with Crippen molar-refractivity contribution < 1.29 is 29.4 Å². The smallest absolute Gasteiger partial charge is 0.522 e. The molecule has 3 N–H and O–H groups in total. The van der Waals surface area contributed by atoms with E-state index in [4.69, 9.17) is 9.39 Å². The van der Waals surface area contributed by atoms with Gasteiger partial charge in [-0.15, -0.1) is 0 Å². The Hall–Kier alpha value is -3.13. The SMILES string of the molecule is C=C(Cc1ccc(O)cc1)N1CC(Oc2ccc3c(c2C(=O)O)OB(O)CC3)C1. The lowest BCUT2D eigenvalue weighted by Crippen LogP contribution is -2.53. The van der Waals surface area contributed by atoms with Crippen LogP contribution in [0.5, 0.6) is 17.2 Å². The standard InChI is InChI=1S/C21H22BNO6/c1-13(10-14-2-5-16(24)6-3-14)23-11-17(12-23)28-18-7-4-15-8-9-22(27)29-20(15)19(18)21(25)26/h2-7,17,24,27H,1,8-12H2,(H,25,26). The summed E-state index contributed by atoms with van der Waals surface area (Å²) in [7, 11) is -1.00. The maximum atomic E-state index is 11.8. The van der Waals surface area contributed by atoms with Gasteiger partial charge in [0.15, 0.2) is 0 Å². The number of likely N-dealkylation sites (tertiary alicyclic amines) is 1. The van der Waals surface area contributed by atoms with Gasteiger partial charge < -0.3 is 29.5 Å². The lowest BCUT2D eigenvalue weighted by Gasteiger charge is -2.42. The molecule has 1 fully saturated rings. The fourth-order valence-electron chi connectivity index (χ4n) is 3.63. The molecule has 0 atom stereocenters. The molecule has 0 bridgehead atoms. The van der Waals surface area contributed by atoms with Crippen LogP contribution < -0.4 is 9.39 Å². The van der Waals surface area contributed by atoms with Crippen molar-refractivity contribution in [2.75, 3.05) is 13.1 Å². The number of hydrogen-bond donors (Lipinski definition) is 3. The molecule has 2 aromatic carbocycles. The van der Waals surface area contributed by atoms with E-state index in [1.807, 2.05) is 12.1 Å². The van der Waals surface area contributed by atoms with E-state index in [-0.39, 0.29) is 28.9 Å². The predicted octanol–water partition coefficient (Wildman–Crippen LogP) is 2.33. The summed E-state index contributed by atoms with van der Waals surface area (Å²) in [6.07, 6.45) is 1.51. The van der Waals surface area contributed by atoms with E-state index < -0.39 is 13.1 Å². The zero-order valence-corrected chi connectivity index (χ0v) is 15.9. The van der Waals surface area contributed by atoms with E-state index in [2.05, 4.69) is 11.5 Å². The summed E-state index contributed by atoms with van der Waals surface area (Å²) in [4.78, 5) is 13.9. The van der Waals surface area contributed by atoms with E-state index >= 15 is 0 Å². The summed E-state index contributed by atoms with van der Waals surface area (Å²) < 4.78 is 11.3. The van der Waals surface area contributed by atoms with Crippen molar-refractivity contribution in [1.29, 1.82) is 0 Å². The van der Waals surface area contributed by atoms with Gasteiger partial charge >= 0.3 is 13.1 Å². The third-order valence-corrected chi connectivity index (χ3v) is 5.26. The molecule has 1 saturated heterocycles. The highest BCUT2D eigenvalue weighted by Gasteiger charge is 2.34. The highest BCUT2D eigenvalue weighted by atomic mass is 16.5. The number of phenolic OH excluding ortho intramolecular Hbond substituents is 1. The highest BCUT2D eigenvalue weighted by molar-refractivity contribution is 6.44. The second-order valence-electron chi connectivity index (χ2n) is 7.40. The molecule has 8 heteroatoms. The van der Waals surface area contributed by atoms with Crippen molar-refractivity contribution >= 4 is 13.1 Å². The zero-order chi connectivity index (χ0) is 20.5. The van der Waals surface area contributed by atoms with Crippen LogP contribution in [-0.4, -0.2) is 52.4 Å². The minimum Gasteiger partial charge on any atom is -0.535 e. The lowest BCUT2D eigenvalue weighted by molar-refractivity contribution is 0.0405. The van der Waals surface area contributed by atoms with Crippen molar-refractivity contribution in [2.24, 2.45) is 0 Å². The van der Waals surface area contributed by atoms with Gasteiger partial charge in [0, 0.05) is 12.1 Å². The minimum absolute atomic E-state index is 0.0392. The first kappa shape index (κ1) is 19.2. The molecule has 7 nitrogen and oxygen atoms in total. The van der Waals surface area contributed by atoms with Crippen molar-refractivity contribution in [3.05, 3.63) is 65.4 Å². The second-order valence-corrected chi connectivity index (χ2v) is 7.40. The number of benzene rings is 2. The maximum Gasteiger partial charge on any atom is 0.522 e. The molecule has 2 aromatic rings. The monoisotopic (exact) mass is 395 g/mol. The molecule has 2 aliphatic rings. The van der Waals surface area contributed by atoms with Gasteiger partial charge in [-0.25, -0.2) is 4.79 Å². The Morgan fingerprint density at radius 1 is 1.24 bits per heavy atom. The number of aromatic carboxylic acids is 1. The van der Waals surface area contributed by atoms with Crippen LogP contribution >= 0.6 is 0 Å². The van der Waals surface area contributed by atoms with Gasteiger partial charge in [-0.1, -0.05) is 24.8 Å². The first-order chi connectivity index (χ1) is 13.9. The number of nitrogens with zero attached hydrogens (tertiary/aromatic N) is 1. The van der Waals surface area contributed by atoms with E-state index in [9.17, 15) is 20.0 Å². The van der Waals surface area contributed by atoms with Gasteiger partial charge in [-0.05, 0) is 42.1 Å². The van der Waals surface area contributed by atoms with Gasteiger partial charge in [0.1, 0.15) is 28.9 Å². The highest BCUT2D eigenvalue weighted by Crippen LogP contribution is 2.37. The summed E-state index contributed by atoms with van der Waals surface area (Å²) in [6, 6.07) is 10.5. The Bertz CT molecular complexity index is 939. The Balaban J connectivity index is 1.40. The molecule has 0 amide bonds. The predicted molar refractivity (Wildman–Crippen MR) is 107 cm³/mol. The van der Waals surface area contributed by atoms with Crippen LogP contribution in [0, 0.1) is 0 Å². The quantitative estimate of drug-likeness (QED) is 0.646. The Labute approximate surface area is 168 Å². The van der Waals surface area contributed by atoms with Gasteiger partial charge in [-0.3, -0.25) is 0 Å². The summed E-state index contributed by atoms with van der Waals surface area (Å²) in [5.41, 5.74) is 2.71. The molecule has 29 heavy (non-hydrogen) atoms. The fourth-order valence-corrected chi connectivity index (χ4v) is 3.63. The van der Waals surface area contributed by atoms with Crippen LogP contribution in [0.4, 0.5) is 0 Å². The number of hydrogen-bond acceptors (Lipinski definition) is 6. The number of carboxylic acid groups (broad SMARTS) is 1. The van der Waals surface area contributed by atoms with Crippen LogP contribution in [0.2, 0.25) is 6.32 Å². The average molecular weight is 395 g/mol. The number of allylic oxidation sites excluding steroid dienone is 1. The van der Waals surface area contributed by atoms with Crippen molar-refractivity contribution in [1.82, 2.24) is 4.90 Å². The second kappa shape index (κ2) is 7.71. The first-order valence-corrected chi connectivity index (χ1v) is 9.52. The Morgan fingerprint density at radius 3 is 2.66 bits per heavy atom. The Kier molecular flexibility index (Phi) is 5.11. The Morgan fingerprint density at radius 2 is 1.97 bits per heavy atom. The average Bonchev–Trinajstić information content (AvgIpc) is 2.65. The number of fused-ring (bicyclic) bond motifs is 1.